The molecular formula is C73H49N. The maximum absolute atomic E-state index is 2.55. The Morgan fingerprint density at radius 2 is 0.716 bits per heavy atom. The predicted molar refractivity (Wildman–Crippen MR) is 313 cm³/mol. The van der Waals surface area contributed by atoms with Crippen molar-refractivity contribution in [3.63, 3.8) is 0 Å². The molecule has 13 aromatic rings. The van der Waals surface area contributed by atoms with Gasteiger partial charge in [0, 0.05) is 16.8 Å². The van der Waals surface area contributed by atoms with Gasteiger partial charge in [-0.05, 0) is 129 Å². The molecule has 0 spiro atoms. The van der Waals surface area contributed by atoms with Crippen molar-refractivity contribution in [1.82, 2.24) is 0 Å². The standard InChI is InChI=1S/C73H49N/c1-5-25-51(26-6-1)70-63-39-16-15-38-61(63)62-47-46-54(49-65(62)71(70)52-27-7-2-8-28-52)60-37-18-20-44-68(60)74(57-35-21-30-53(48-57)59-41-22-29-50-24-13-14-36-58(50)59)69-45-23-43-67-72(69)64-40-17-19-42-66(64)73(67,55-31-9-3-10-32-55)56-33-11-4-12-34-56/h1-49H. The third kappa shape index (κ3) is 6.85. The van der Waals surface area contributed by atoms with Crippen LogP contribution >= 0.6 is 0 Å². The molecule has 0 aliphatic heterocycles. The lowest BCUT2D eigenvalue weighted by atomic mass is 9.68. The van der Waals surface area contributed by atoms with Crippen LogP contribution in [0.5, 0.6) is 0 Å². The van der Waals surface area contributed by atoms with Crippen molar-refractivity contribution in [2.24, 2.45) is 0 Å². The summed E-state index contributed by atoms with van der Waals surface area (Å²) in [5.41, 5.74) is 19.7. The van der Waals surface area contributed by atoms with Gasteiger partial charge in [-0.2, -0.15) is 0 Å². The molecule has 0 fully saturated rings. The highest BCUT2D eigenvalue weighted by molar-refractivity contribution is 6.22. The fraction of sp³-hybridized carbons (Fsp3) is 0.0137. The van der Waals surface area contributed by atoms with Gasteiger partial charge in [-0.15, -0.1) is 0 Å². The van der Waals surface area contributed by atoms with Crippen molar-refractivity contribution >= 4 is 49.4 Å². The molecule has 0 amide bonds. The van der Waals surface area contributed by atoms with Crippen molar-refractivity contribution in [3.8, 4) is 55.6 Å². The van der Waals surface area contributed by atoms with Crippen LogP contribution in [0.25, 0.3) is 88.0 Å². The van der Waals surface area contributed by atoms with Crippen molar-refractivity contribution in [2.75, 3.05) is 4.90 Å². The number of fused-ring (bicyclic) bond motifs is 7. The molecule has 14 rings (SSSR count). The van der Waals surface area contributed by atoms with Gasteiger partial charge in [0.25, 0.3) is 0 Å². The van der Waals surface area contributed by atoms with E-state index in [2.05, 4.69) is 302 Å². The Morgan fingerprint density at radius 3 is 1.45 bits per heavy atom. The molecule has 0 atom stereocenters. The lowest BCUT2D eigenvalue weighted by molar-refractivity contribution is 0.768. The molecule has 0 heterocycles. The zero-order valence-corrected chi connectivity index (χ0v) is 40.7. The summed E-state index contributed by atoms with van der Waals surface area (Å²) in [7, 11) is 0. The zero-order chi connectivity index (χ0) is 49.0. The van der Waals surface area contributed by atoms with Gasteiger partial charge < -0.3 is 4.90 Å². The molecule has 0 saturated heterocycles. The van der Waals surface area contributed by atoms with Crippen molar-refractivity contribution in [1.29, 1.82) is 0 Å². The Labute approximate surface area is 432 Å². The van der Waals surface area contributed by atoms with E-state index >= 15 is 0 Å². The van der Waals surface area contributed by atoms with Crippen LogP contribution in [0, 0.1) is 0 Å². The minimum atomic E-state index is -0.564. The molecule has 1 nitrogen and oxygen atoms in total. The zero-order valence-electron chi connectivity index (χ0n) is 40.7. The highest BCUT2D eigenvalue weighted by Gasteiger charge is 2.47. The highest BCUT2D eigenvalue weighted by Crippen LogP contribution is 2.60. The van der Waals surface area contributed by atoms with Gasteiger partial charge >= 0.3 is 0 Å². The van der Waals surface area contributed by atoms with E-state index in [0.717, 1.165) is 33.8 Å². The average Bonchev–Trinajstić information content (AvgIpc) is 3.82. The van der Waals surface area contributed by atoms with Crippen LogP contribution in [0.4, 0.5) is 17.1 Å². The monoisotopic (exact) mass is 939 g/mol. The lowest BCUT2D eigenvalue weighted by Crippen LogP contribution is -2.28. The molecule has 13 aromatic carbocycles. The molecule has 74 heavy (non-hydrogen) atoms. The molecule has 0 aromatic heterocycles. The Morgan fingerprint density at radius 1 is 0.243 bits per heavy atom. The summed E-state index contributed by atoms with van der Waals surface area (Å²) in [4.78, 5) is 2.55. The summed E-state index contributed by atoms with van der Waals surface area (Å²) in [6, 6.07) is 110. The van der Waals surface area contributed by atoms with E-state index in [4.69, 9.17) is 0 Å². The molecule has 346 valence electrons. The van der Waals surface area contributed by atoms with E-state index in [1.807, 2.05) is 0 Å². The Bertz CT molecular complexity index is 4190. The third-order valence-electron chi connectivity index (χ3n) is 15.5. The van der Waals surface area contributed by atoms with Gasteiger partial charge in [0.15, 0.2) is 0 Å². The largest absolute Gasteiger partial charge is 0.309 e. The van der Waals surface area contributed by atoms with E-state index < -0.39 is 5.41 Å². The van der Waals surface area contributed by atoms with E-state index in [-0.39, 0.29) is 0 Å². The van der Waals surface area contributed by atoms with E-state index in [0.29, 0.717) is 0 Å². The third-order valence-corrected chi connectivity index (χ3v) is 15.5. The molecule has 0 N–H and O–H groups in total. The Hall–Kier alpha value is -9.56. The molecule has 0 unspecified atom stereocenters. The predicted octanol–water partition coefficient (Wildman–Crippen LogP) is 19.6. The number of anilines is 3. The molecule has 0 bridgehead atoms. The van der Waals surface area contributed by atoms with Gasteiger partial charge in [0.05, 0.1) is 16.8 Å². The van der Waals surface area contributed by atoms with Crippen molar-refractivity contribution in [2.45, 2.75) is 5.41 Å². The van der Waals surface area contributed by atoms with Crippen LogP contribution in [0.2, 0.25) is 0 Å². The first-order chi connectivity index (χ1) is 36.8. The molecule has 1 aliphatic carbocycles. The first kappa shape index (κ1) is 43.2. The maximum atomic E-state index is 2.55. The summed E-state index contributed by atoms with van der Waals surface area (Å²) in [6.07, 6.45) is 0. The van der Waals surface area contributed by atoms with Crippen LogP contribution in [-0.2, 0) is 5.41 Å². The minimum Gasteiger partial charge on any atom is -0.309 e. The van der Waals surface area contributed by atoms with Crippen LogP contribution in [0.15, 0.2) is 297 Å². The van der Waals surface area contributed by atoms with Gasteiger partial charge in [0.1, 0.15) is 0 Å². The Balaban J connectivity index is 1.06. The van der Waals surface area contributed by atoms with Gasteiger partial charge in [0.2, 0.25) is 0 Å². The van der Waals surface area contributed by atoms with Crippen LogP contribution in [0.3, 0.4) is 0 Å². The fourth-order valence-electron chi connectivity index (χ4n) is 12.4. The summed E-state index contributed by atoms with van der Waals surface area (Å²) in [5, 5.41) is 7.40. The number of para-hydroxylation sites is 1. The minimum absolute atomic E-state index is 0.564. The van der Waals surface area contributed by atoms with Gasteiger partial charge in [-0.25, -0.2) is 0 Å². The number of hydrogen-bond acceptors (Lipinski definition) is 1. The fourth-order valence-corrected chi connectivity index (χ4v) is 12.4. The number of hydrogen-bond donors (Lipinski definition) is 0. The smallest absolute Gasteiger partial charge is 0.0714 e. The summed E-state index contributed by atoms with van der Waals surface area (Å²) in [5.74, 6) is 0. The number of nitrogens with zero attached hydrogens (tertiary/aromatic N) is 1. The maximum Gasteiger partial charge on any atom is 0.0714 e. The lowest BCUT2D eigenvalue weighted by Gasteiger charge is -2.34. The van der Waals surface area contributed by atoms with E-state index in [1.54, 1.807) is 0 Å². The second-order valence-corrected chi connectivity index (χ2v) is 19.4. The van der Waals surface area contributed by atoms with Crippen LogP contribution < -0.4 is 4.90 Å². The summed E-state index contributed by atoms with van der Waals surface area (Å²) < 4.78 is 0. The summed E-state index contributed by atoms with van der Waals surface area (Å²) in [6.45, 7) is 0. The van der Waals surface area contributed by atoms with Crippen molar-refractivity contribution in [3.05, 3.63) is 320 Å². The quantitative estimate of drug-likeness (QED) is 0.130. The molecule has 1 aliphatic rings. The van der Waals surface area contributed by atoms with Gasteiger partial charge in [-0.3, -0.25) is 0 Å². The summed E-state index contributed by atoms with van der Waals surface area (Å²) >= 11 is 0. The second kappa shape index (κ2) is 17.9. The first-order valence-electron chi connectivity index (χ1n) is 25.7. The SMILES string of the molecule is c1ccc(-c2c(-c3ccccc3)c3cc(-c4ccccc4N(c4cccc(-c5cccc6ccccc56)c4)c4cccc5c4-c4ccccc4C5(c4ccccc4)c4ccccc4)ccc3c3ccccc23)cc1. The average molecular weight is 940 g/mol. The molecule has 1 heteroatoms. The van der Waals surface area contributed by atoms with Gasteiger partial charge in [-0.1, -0.05) is 267 Å². The highest BCUT2D eigenvalue weighted by atomic mass is 15.1. The molecule has 0 saturated carbocycles. The first-order valence-corrected chi connectivity index (χ1v) is 25.7. The Kier molecular flexibility index (Phi) is 10.5. The topological polar surface area (TPSA) is 3.24 Å². The van der Waals surface area contributed by atoms with Crippen LogP contribution in [0.1, 0.15) is 22.3 Å². The molecule has 0 radical (unpaired) electrons. The molecular weight excluding hydrogens is 891 g/mol. The van der Waals surface area contributed by atoms with E-state index in [9.17, 15) is 0 Å². The van der Waals surface area contributed by atoms with Crippen molar-refractivity contribution < 1.29 is 0 Å². The number of benzene rings is 13. The van der Waals surface area contributed by atoms with Crippen LogP contribution in [-0.4, -0.2) is 0 Å². The second-order valence-electron chi connectivity index (χ2n) is 19.4. The van der Waals surface area contributed by atoms with E-state index in [1.165, 1.54) is 93.5 Å². The number of rotatable bonds is 9. The normalized spacial score (nSPS) is 12.4.